The number of fused-ring (bicyclic) bond motifs is 2. The maximum Gasteiger partial charge on any atom is 0.142 e. The standard InChI is InChI=1S/C6H11BO2/c1-6-2-4(8-3-6)5(7)9-6/h4-5H,2-3,7H2,1H3/t4?,5?,6-/m0/s1. The van der Waals surface area contributed by atoms with Gasteiger partial charge in [0.05, 0.1) is 24.3 Å². The van der Waals surface area contributed by atoms with Crippen molar-refractivity contribution >= 4 is 7.85 Å². The quantitative estimate of drug-likeness (QED) is 0.408. The van der Waals surface area contributed by atoms with Gasteiger partial charge in [-0.25, -0.2) is 0 Å². The van der Waals surface area contributed by atoms with Crippen molar-refractivity contribution in [3.63, 3.8) is 0 Å². The molecule has 9 heavy (non-hydrogen) atoms. The summed E-state index contributed by atoms with van der Waals surface area (Å²) in [5.74, 6) is 0. The number of hydrogen-bond donors (Lipinski definition) is 0. The number of rotatable bonds is 0. The van der Waals surface area contributed by atoms with Gasteiger partial charge in [0.25, 0.3) is 0 Å². The van der Waals surface area contributed by atoms with E-state index < -0.39 is 0 Å². The molecule has 50 valence electrons. The smallest absolute Gasteiger partial charge is 0.142 e. The van der Waals surface area contributed by atoms with Crippen molar-refractivity contribution in [2.75, 3.05) is 6.61 Å². The fourth-order valence-corrected chi connectivity index (χ4v) is 1.74. The molecule has 0 N–H and O–H groups in total. The molecule has 0 saturated carbocycles. The number of ether oxygens (including phenoxy) is 2. The minimum Gasteiger partial charge on any atom is -0.376 e. The van der Waals surface area contributed by atoms with Crippen LogP contribution in [0.2, 0.25) is 0 Å². The van der Waals surface area contributed by atoms with E-state index in [1.165, 1.54) is 0 Å². The Hall–Kier alpha value is -0.0151. The second-order valence-electron chi connectivity index (χ2n) is 3.33. The summed E-state index contributed by atoms with van der Waals surface area (Å²) in [4.78, 5) is 0. The first-order chi connectivity index (χ1) is 4.20. The molecule has 0 aromatic carbocycles. The van der Waals surface area contributed by atoms with Crippen molar-refractivity contribution in [3.8, 4) is 0 Å². The Kier molecular flexibility index (Phi) is 0.973. The van der Waals surface area contributed by atoms with E-state index in [2.05, 4.69) is 14.8 Å². The summed E-state index contributed by atoms with van der Waals surface area (Å²) >= 11 is 0. The van der Waals surface area contributed by atoms with Crippen LogP contribution in [0, 0.1) is 0 Å². The van der Waals surface area contributed by atoms with Crippen molar-refractivity contribution < 1.29 is 9.47 Å². The lowest BCUT2D eigenvalue weighted by atomic mass is 9.94. The Morgan fingerprint density at radius 2 is 2.44 bits per heavy atom. The van der Waals surface area contributed by atoms with Gasteiger partial charge in [0.2, 0.25) is 0 Å². The van der Waals surface area contributed by atoms with Crippen molar-refractivity contribution in [3.05, 3.63) is 0 Å². The van der Waals surface area contributed by atoms with E-state index in [1.807, 2.05) is 0 Å². The zero-order valence-corrected chi connectivity index (χ0v) is 5.89. The third-order valence-corrected chi connectivity index (χ3v) is 2.23. The van der Waals surface area contributed by atoms with E-state index >= 15 is 0 Å². The molecule has 2 heterocycles. The highest BCUT2D eigenvalue weighted by Crippen LogP contribution is 2.37. The highest BCUT2D eigenvalue weighted by Gasteiger charge is 2.47. The minimum absolute atomic E-state index is 0.0596. The minimum atomic E-state index is 0.0596. The molecule has 2 unspecified atom stereocenters. The zero-order chi connectivity index (χ0) is 6.48. The largest absolute Gasteiger partial charge is 0.376 e. The highest BCUT2D eigenvalue weighted by molar-refractivity contribution is 6.11. The normalized spacial score (nSPS) is 56.6. The molecule has 0 radical (unpaired) electrons. The van der Waals surface area contributed by atoms with Crippen LogP contribution in [0.3, 0.4) is 0 Å². The molecule has 0 aliphatic carbocycles. The Morgan fingerprint density at radius 1 is 1.67 bits per heavy atom. The molecule has 3 atom stereocenters. The fourth-order valence-electron chi connectivity index (χ4n) is 1.74. The Morgan fingerprint density at radius 3 is 2.67 bits per heavy atom. The van der Waals surface area contributed by atoms with Gasteiger partial charge >= 0.3 is 0 Å². The van der Waals surface area contributed by atoms with Crippen LogP contribution in [0.4, 0.5) is 0 Å². The van der Waals surface area contributed by atoms with Gasteiger partial charge < -0.3 is 9.47 Å². The van der Waals surface area contributed by atoms with Crippen molar-refractivity contribution in [2.45, 2.75) is 31.1 Å². The summed E-state index contributed by atoms with van der Waals surface area (Å²) in [5, 5.41) is 0. The topological polar surface area (TPSA) is 18.5 Å². The summed E-state index contributed by atoms with van der Waals surface area (Å²) in [6.07, 6.45) is 1.48. The lowest BCUT2D eigenvalue weighted by Crippen LogP contribution is -2.34. The van der Waals surface area contributed by atoms with E-state index in [4.69, 9.17) is 9.47 Å². The van der Waals surface area contributed by atoms with Crippen LogP contribution in [0.1, 0.15) is 13.3 Å². The molecule has 2 bridgehead atoms. The molecule has 2 rings (SSSR count). The average Bonchev–Trinajstić information content (AvgIpc) is 2.20. The van der Waals surface area contributed by atoms with Crippen LogP contribution in [0.15, 0.2) is 0 Å². The molecule has 3 heteroatoms. The maximum absolute atomic E-state index is 5.62. The van der Waals surface area contributed by atoms with Crippen LogP contribution in [-0.2, 0) is 9.47 Å². The van der Waals surface area contributed by atoms with Crippen LogP contribution in [-0.4, -0.2) is 32.2 Å². The van der Waals surface area contributed by atoms with Crippen molar-refractivity contribution in [1.82, 2.24) is 0 Å². The predicted molar refractivity (Wildman–Crippen MR) is 36.2 cm³/mol. The molecule has 0 aromatic rings. The summed E-state index contributed by atoms with van der Waals surface area (Å²) < 4.78 is 11.1. The first-order valence-corrected chi connectivity index (χ1v) is 3.49. The SMILES string of the molecule is BC1O[C@]2(C)COC1C2. The van der Waals surface area contributed by atoms with Gasteiger partial charge in [-0.3, -0.25) is 0 Å². The fraction of sp³-hybridized carbons (Fsp3) is 1.00. The van der Waals surface area contributed by atoms with Gasteiger partial charge in [-0.2, -0.15) is 0 Å². The van der Waals surface area contributed by atoms with Crippen molar-refractivity contribution in [1.29, 1.82) is 0 Å². The molecular formula is C6H11BO2. The van der Waals surface area contributed by atoms with E-state index in [0.29, 0.717) is 12.1 Å². The first-order valence-electron chi connectivity index (χ1n) is 3.49. The summed E-state index contributed by atoms with van der Waals surface area (Å²) in [5.41, 5.74) is 0.0596. The molecular weight excluding hydrogens is 115 g/mol. The molecule has 2 nitrogen and oxygen atoms in total. The van der Waals surface area contributed by atoms with Crippen LogP contribution < -0.4 is 0 Å². The third kappa shape index (κ3) is 0.716. The second-order valence-corrected chi connectivity index (χ2v) is 3.33. The summed E-state index contributed by atoms with van der Waals surface area (Å²) in [6.45, 7) is 2.92. The number of hydrogen-bond acceptors (Lipinski definition) is 2. The molecule has 0 spiro atoms. The summed E-state index contributed by atoms with van der Waals surface area (Å²) in [7, 11) is 2.08. The molecule has 2 saturated heterocycles. The van der Waals surface area contributed by atoms with Gasteiger partial charge in [-0.1, -0.05) is 0 Å². The average molecular weight is 126 g/mol. The van der Waals surface area contributed by atoms with Gasteiger partial charge in [0, 0.05) is 6.42 Å². The Bertz CT molecular complexity index is 135. The van der Waals surface area contributed by atoms with Gasteiger partial charge in [0.1, 0.15) is 7.85 Å². The van der Waals surface area contributed by atoms with E-state index in [1.54, 1.807) is 0 Å². The van der Waals surface area contributed by atoms with Crippen LogP contribution in [0.5, 0.6) is 0 Å². The van der Waals surface area contributed by atoms with Crippen LogP contribution in [0.25, 0.3) is 0 Å². The monoisotopic (exact) mass is 126 g/mol. The highest BCUT2D eigenvalue weighted by atomic mass is 16.6. The molecule has 2 fully saturated rings. The summed E-state index contributed by atoms with van der Waals surface area (Å²) in [6, 6.07) is 0.323. The first kappa shape index (κ1) is 5.75. The van der Waals surface area contributed by atoms with Crippen molar-refractivity contribution in [2.24, 2.45) is 0 Å². The molecule has 0 amide bonds. The van der Waals surface area contributed by atoms with Gasteiger partial charge in [0.15, 0.2) is 0 Å². The molecule has 2 aliphatic heterocycles. The zero-order valence-electron chi connectivity index (χ0n) is 5.89. The second kappa shape index (κ2) is 1.52. The van der Waals surface area contributed by atoms with Gasteiger partial charge in [-0.15, -0.1) is 0 Å². The Balaban J connectivity index is 2.19. The molecule has 0 aromatic heterocycles. The van der Waals surface area contributed by atoms with Gasteiger partial charge in [-0.05, 0) is 6.92 Å². The third-order valence-electron chi connectivity index (χ3n) is 2.23. The lowest BCUT2D eigenvalue weighted by molar-refractivity contribution is -0.103. The molecule has 2 aliphatic rings. The lowest BCUT2D eigenvalue weighted by Gasteiger charge is -2.25. The van der Waals surface area contributed by atoms with E-state index in [9.17, 15) is 0 Å². The van der Waals surface area contributed by atoms with Crippen LogP contribution >= 0.6 is 0 Å². The Labute approximate surface area is 55.9 Å². The maximum atomic E-state index is 5.62. The van der Waals surface area contributed by atoms with E-state index in [-0.39, 0.29) is 5.60 Å². The predicted octanol–water partition coefficient (Wildman–Crippen LogP) is -0.477. The van der Waals surface area contributed by atoms with E-state index in [0.717, 1.165) is 13.0 Å².